The fourth-order valence-corrected chi connectivity index (χ4v) is 12.6. The SMILES string of the molecule is COc1cc(N=Nc2ccc(OC)c(S(=O)(=O)[O-])c2)c(C)cc1N=Nc1ccc(/C=C/c2ccc(N=Nc3ccc(/C=C/c4ccc(N=Nc5cc(C)c(N=Nc6ccc(OC)c(S(=O)(=O)[O-])c6)cc5OC)cc4S(=O)(=O)[O-])c(S(=O)(=O)[O-])c3)cc2S(=O)(=O)[O-])c(S(=O)(=O)[O-])c1.[Na+].[Na+].[Na+].[Na+].[Na+].[Na+]. The number of ether oxygens (including phenoxy) is 4. The maximum atomic E-state index is 12.6. The number of rotatable bonds is 24. The number of aryl methyl sites for hydroxylation is 2. The number of hydrogen-bond donors (Lipinski definition) is 0. The Labute approximate surface area is 718 Å². The van der Waals surface area contributed by atoms with Gasteiger partial charge < -0.3 is 46.3 Å². The molecular weight excluding hydrogens is 1520 g/mol. The van der Waals surface area contributed by atoms with Crippen molar-refractivity contribution >= 4 is 142 Å². The molecule has 102 heavy (non-hydrogen) atoms. The quantitative estimate of drug-likeness (QED) is 0.0235. The van der Waals surface area contributed by atoms with E-state index >= 15 is 0 Å². The molecule has 0 unspecified atom stereocenters. The summed E-state index contributed by atoms with van der Waals surface area (Å²) in [6.45, 7) is 3.21. The molecule has 8 aromatic carbocycles. The van der Waals surface area contributed by atoms with Crippen molar-refractivity contribution in [3.8, 4) is 23.0 Å². The third-order valence-corrected chi connectivity index (χ3v) is 18.4. The van der Waals surface area contributed by atoms with Crippen LogP contribution in [0.5, 0.6) is 23.0 Å². The van der Waals surface area contributed by atoms with Gasteiger partial charge in [0.25, 0.3) is 0 Å². The zero-order valence-corrected chi connectivity index (χ0v) is 72.8. The molecule has 500 valence electrons. The Kier molecular flexibility index (Phi) is 36.5. The van der Waals surface area contributed by atoms with E-state index in [-0.39, 0.29) is 279 Å². The van der Waals surface area contributed by atoms with E-state index in [2.05, 4.69) is 51.1 Å². The van der Waals surface area contributed by atoms with Gasteiger partial charge in [0.05, 0.1) is 103 Å². The van der Waals surface area contributed by atoms with Crippen molar-refractivity contribution < 1.29 is 274 Å². The molecule has 0 aliphatic heterocycles. The predicted octanol–water partition coefficient (Wildman–Crippen LogP) is -5.80. The maximum absolute atomic E-state index is 12.6. The zero-order valence-electron chi connectivity index (χ0n) is 55.9. The van der Waals surface area contributed by atoms with E-state index in [1.165, 1.54) is 89.1 Å². The van der Waals surface area contributed by atoms with E-state index in [0.717, 1.165) is 97.1 Å². The first-order valence-corrected chi connectivity index (χ1v) is 34.9. The molecule has 0 bridgehead atoms. The molecule has 0 radical (unpaired) electrons. The van der Waals surface area contributed by atoms with Crippen LogP contribution in [0, 0.1) is 13.8 Å². The van der Waals surface area contributed by atoms with Crippen LogP contribution in [0.4, 0.5) is 56.9 Å². The second kappa shape index (κ2) is 39.7. The van der Waals surface area contributed by atoms with Crippen molar-refractivity contribution in [2.75, 3.05) is 28.4 Å². The van der Waals surface area contributed by atoms with Gasteiger partial charge in [-0.15, -0.1) is 10.2 Å². The van der Waals surface area contributed by atoms with Crippen LogP contribution in [0.1, 0.15) is 33.4 Å². The van der Waals surface area contributed by atoms with E-state index in [0.29, 0.717) is 11.1 Å². The van der Waals surface area contributed by atoms with Crippen molar-refractivity contribution in [1.29, 1.82) is 0 Å². The third-order valence-electron chi connectivity index (χ3n) is 13.2. The molecule has 8 rings (SSSR count). The van der Waals surface area contributed by atoms with Crippen LogP contribution in [0.3, 0.4) is 0 Å². The average molecular weight is 1560 g/mol. The van der Waals surface area contributed by atoms with Crippen molar-refractivity contribution in [2.24, 2.45) is 51.1 Å². The molecule has 0 N–H and O–H groups in total. The van der Waals surface area contributed by atoms with E-state index in [1.54, 1.807) is 13.8 Å². The van der Waals surface area contributed by atoms with Gasteiger partial charge in [-0.2, -0.15) is 40.9 Å². The van der Waals surface area contributed by atoms with Crippen molar-refractivity contribution in [2.45, 2.75) is 43.2 Å². The van der Waals surface area contributed by atoms with E-state index in [9.17, 15) is 77.8 Å². The Morgan fingerprint density at radius 2 is 0.451 bits per heavy atom. The molecule has 0 fully saturated rings. The van der Waals surface area contributed by atoms with Crippen LogP contribution in [0.15, 0.2) is 214 Å². The minimum atomic E-state index is -5.36. The number of hydrogen-bond acceptors (Lipinski definition) is 32. The van der Waals surface area contributed by atoms with Gasteiger partial charge in [0.15, 0.2) is 0 Å². The molecule has 32 nitrogen and oxygen atoms in total. The van der Waals surface area contributed by atoms with Gasteiger partial charge in [0, 0.05) is 12.1 Å². The molecule has 8 aromatic rings. The number of azo groups is 5. The second-order valence-corrected chi connectivity index (χ2v) is 27.7. The van der Waals surface area contributed by atoms with Crippen LogP contribution in [0.25, 0.3) is 24.3 Å². The number of methoxy groups -OCH3 is 4. The molecule has 0 aliphatic carbocycles. The molecule has 0 saturated heterocycles. The van der Waals surface area contributed by atoms with Gasteiger partial charge in [-0.3, -0.25) is 0 Å². The van der Waals surface area contributed by atoms with Crippen molar-refractivity contribution in [1.82, 2.24) is 0 Å². The molecule has 0 aromatic heterocycles. The van der Waals surface area contributed by atoms with Gasteiger partial charge in [-0.1, -0.05) is 48.6 Å². The minimum Gasteiger partial charge on any atom is -0.744 e. The summed E-state index contributed by atoms with van der Waals surface area (Å²) in [6.07, 6.45) is 4.06. The normalized spacial score (nSPS) is 12.2. The van der Waals surface area contributed by atoms with Crippen molar-refractivity contribution in [3.63, 3.8) is 0 Å². The number of benzene rings is 8. The fourth-order valence-electron chi connectivity index (χ4n) is 8.55. The Bertz CT molecular complexity index is 5100. The summed E-state index contributed by atoms with van der Waals surface area (Å²) in [5, 5.41) is 40.3. The Morgan fingerprint density at radius 3 is 0.667 bits per heavy atom. The summed E-state index contributed by atoms with van der Waals surface area (Å²) in [7, 11) is -26.2. The molecule has 44 heteroatoms. The molecule has 0 heterocycles. The van der Waals surface area contributed by atoms with Crippen LogP contribution in [-0.2, 0) is 60.7 Å². The van der Waals surface area contributed by atoms with E-state index < -0.39 is 90.1 Å². The molecule has 0 aliphatic rings. The van der Waals surface area contributed by atoms with Crippen molar-refractivity contribution in [3.05, 3.63) is 167 Å². The maximum Gasteiger partial charge on any atom is 1.00 e. The molecule has 0 spiro atoms. The largest absolute Gasteiger partial charge is 1.00 e. The third kappa shape index (κ3) is 25.3. The molecule has 0 atom stereocenters. The van der Waals surface area contributed by atoms with E-state index in [1.807, 2.05) is 0 Å². The van der Waals surface area contributed by atoms with Crippen LogP contribution < -0.4 is 196 Å². The summed E-state index contributed by atoms with van der Waals surface area (Å²) >= 11 is 0. The van der Waals surface area contributed by atoms with Crippen LogP contribution in [-0.4, -0.2) is 106 Å². The summed E-state index contributed by atoms with van der Waals surface area (Å²) < 4.78 is 242. The van der Waals surface area contributed by atoms with Gasteiger partial charge >= 0.3 is 177 Å². The second-order valence-electron chi connectivity index (χ2n) is 19.6. The van der Waals surface area contributed by atoms with E-state index in [4.69, 9.17) is 18.9 Å². The summed E-state index contributed by atoms with van der Waals surface area (Å²) in [5.74, 6) is -0.226. The summed E-state index contributed by atoms with van der Waals surface area (Å²) in [6, 6.07) is 25.4. The first kappa shape index (κ1) is 94.0. The smallest absolute Gasteiger partial charge is 0.744 e. The summed E-state index contributed by atoms with van der Waals surface area (Å²) in [4.78, 5) is -4.82. The zero-order chi connectivity index (χ0) is 70.3. The molecular formula is C58H44N10Na6O22S6. The standard InChI is InChI=1S/C58H50N10O22S6.6Na/c1-33-23-47(51(89-5)31-45(33)65-61-43-19-21-49(87-3)57(29-43)95(81,82)83)67-63-41-17-13-37(55(27-41)93(75,76)77)9-7-35-11-15-39(25-53(35)91(69,70)71)59-60-40-16-12-36(54(26-40)92(72,73)74)8-10-38-14-18-42(28-56(38)94(78,79)80)64-68-48-24-34(2)46(32-52(48)90-6)66-62-44-20-22-50(88-4)58(30-44)96(84,85)86;;;;;;/h7-32H,1-6H3,(H,69,70,71)(H,72,73,74)(H,75,76,77)(H,78,79,80)(H,81,82,83)(H,84,85,86);;;;;;/q;6*+1/p-6/b9-7+,10-8+,60-59?,65-61?,66-62?,67-63?,68-64?;;;;;;. The Hall–Kier alpha value is -4.10. The van der Waals surface area contributed by atoms with Crippen LogP contribution >= 0.6 is 0 Å². The molecule has 0 amide bonds. The van der Waals surface area contributed by atoms with Crippen LogP contribution in [0.2, 0.25) is 0 Å². The van der Waals surface area contributed by atoms with Gasteiger partial charge in [-0.05, 0) is 144 Å². The first-order chi connectivity index (χ1) is 45.0. The Morgan fingerprint density at radius 1 is 0.255 bits per heavy atom. The monoisotopic (exact) mass is 1560 g/mol. The van der Waals surface area contributed by atoms with Gasteiger partial charge in [0.2, 0.25) is 0 Å². The topological polar surface area (TPSA) is 504 Å². The number of nitrogens with zero attached hydrogens (tertiary/aromatic N) is 10. The van der Waals surface area contributed by atoms with Gasteiger partial charge in [0.1, 0.15) is 95.1 Å². The predicted molar refractivity (Wildman–Crippen MR) is 334 cm³/mol. The first-order valence-electron chi connectivity index (χ1n) is 26.5. The fraction of sp³-hybridized carbons (Fsp3) is 0.103. The molecule has 0 saturated carbocycles. The summed E-state index contributed by atoms with van der Waals surface area (Å²) in [5.41, 5.74) is -0.669. The Balaban J connectivity index is 0.00000589. The van der Waals surface area contributed by atoms with Gasteiger partial charge in [-0.25, -0.2) is 50.5 Å². The minimum absolute atomic E-state index is 0. The average Bonchev–Trinajstić information content (AvgIpc) is 0.770.